The van der Waals surface area contributed by atoms with Crippen LogP contribution in [0, 0.1) is 17.1 Å². The van der Waals surface area contributed by atoms with Gasteiger partial charge in [0, 0.05) is 10.0 Å². The first-order valence-electron chi connectivity index (χ1n) is 5.37. The molecule has 0 amide bonds. The number of hydrogen-bond acceptors (Lipinski definition) is 2. The quantitative estimate of drug-likeness (QED) is 0.761. The standard InChI is InChI=1S/C14H8Br2FNO/c15-11-4-5-13(12(16)6-11)19-8-10-3-1-2-9(7-18)14(10)17/h1-6H,8H2. The first-order valence-corrected chi connectivity index (χ1v) is 6.95. The molecule has 19 heavy (non-hydrogen) atoms. The van der Waals surface area contributed by atoms with E-state index in [0.29, 0.717) is 11.3 Å². The van der Waals surface area contributed by atoms with Crippen molar-refractivity contribution in [1.29, 1.82) is 5.26 Å². The van der Waals surface area contributed by atoms with Crippen molar-refractivity contribution in [3.63, 3.8) is 0 Å². The third-order valence-corrected chi connectivity index (χ3v) is 3.59. The molecule has 0 atom stereocenters. The van der Waals surface area contributed by atoms with E-state index in [1.54, 1.807) is 24.3 Å². The summed E-state index contributed by atoms with van der Waals surface area (Å²) in [6, 6.07) is 11.9. The van der Waals surface area contributed by atoms with Gasteiger partial charge in [0.05, 0.1) is 10.0 Å². The number of nitrogens with zero attached hydrogens (tertiary/aromatic N) is 1. The zero-order valence-corrected chi connectivity index (χ0v) is 12.8. The SMILES string of the molecule is N#Cc1cccc(COc2ccc(Br)cc2Br)c1F. The molecule has 96 valence electrons. The molecule has 0 aliphatic heterocycles. The Balaban J connectivity index is 2.17. The summed E-state index contributed by atoms with van der Waals surface area (Å²) in [6.07, 6.45) is 0. The maximum Gasteiger partial charge on any atom is 0.147 e. The predicted octanol–water partition coefficient (Wildman–Crippen LogP) is 4.80. The highest BCUT2D eigenvalue weighted by Gasteiger charge is 2.09. The highest BCUT2D eigenvalue weighted by atomic mass is 79.9. The largest absolute Gasteiger partial charge is 0.488 e. The van der Waals surface area contributed by atoms with Gasteiger partial charge in [0.25, 0.3) is 0 Å². The number of benzene rings is 2. The summed E-state index contributed by atoms with van der Waals surface area (Å²) in [7, 11) is 0. The molecule has 2 aromatic rings. The first-order chi connectivity index (χ1) is 9.11. The number of rotatable bonds is 3. The summed E-state index contributed by atoms with van der Waals surface area (Å²) in [5.41, 5.74) is 0.379. The molecule has 0 heterocycles. The summed E-state index contributed by atoms with van der Waals surface area (Å²) in [5.74, 6) is 0.0863. The van der Waals surface area contributed by atoms with Crippen LogP contribution >= 0.6 is 31.9 Å². The first kappa shape index (κ1) is 14.0. The van der Waals surface area contributed by atoms with Gasteiger partial charge in [-0.05, 0) is 40.2 Å². The van der Waals surface area contributed by atoms with Gasteiger partial charge < -0.3 is 4.74 Å². The van der Waals surface area contributed by atoms with Crippen LogP contribution in [0.2, 0.25) is 0 Å². The van der Waals surface area contributed by atoms with E-state index in [9.17, 15) is 4.39 Å². The van der Waals surface area contributed by atoms with Gasteiger partial charge in [-0.3, -0.25) is 0 Å². The van der Waals surface area contributed by atoms with Gasteiger partial charge in [0.1, 0.15) is 24.2 Å². The molecule has 0 bridgehead atoms. The molecule has 0 saturated heterocycles. The van der Waals surface area contributed by atoms with Crippen molar-refractivity contribution in [2.45, 2.75) is 6.61 Å². The molecule has 2 rings (SSSR count). The monoisotopic (exact) mass is 383 g/mol. The second kappa shape index (κ2) is 6.18. The van der Waals surface area contributed by atoms with Crippen molar-refractivity contribution < 1.29 is 9.13 Å². The topological polar surface area (TPSA) is 33.0 Å². The third kappa shape index (κ3) is 3.34. The minimum Gasteiger partial charge on any atom is -0.488 e. The van der Waals surface area contributed by atoms with E-state index in [4.69, 9.17) is 10.00 Å². The Morgan fingerprint density at radius 1 is 1.21 bits per heavy atom. The Morgan fingerprint density at radius 2 is 2.00 bits per heavy atom. The minimum absolute atomic E-state index is 0.0240. The van der Waals surface area contributed by atoms with Crippen LogP contribution in [0.25, 0.3) is 0 Å². The van der Waals surface area contributed by atoms with Crippen LogP contribution in [-0.4, -0.2) is 0 Å². The van der Waals surface area contributed by atoms with Crippen LogP contribution in [0.3, 0.4) is 0 Å². The molecule has 0 spiro atoms. The van der Waals surface area contributed by atoms with E-state index < -0.39 is 5.82 Å². The zero-order chi connectivity index (χ0) is 13.8. The fraction of sp³-hybridized carbons (Fsp3) is 0.0714. The fourth-order valence-corrected chi connectivity index (χ4v) is 2.69. The van der Waals surface area contributed by atoms with E-state index in [2.05, 4.69) is 31.9 Å². The molecule has 2 nitrogen and oxygen atoms in total. The average Bonchev–Trinajstić information content (AvgIpc) is 2.39. The lowest BCUT2D eigenvalue weighted by Gasteiger charge is -2.09. The molecule has 0 N–H and O–H groups in total. The van der Waals surface area contributed by atoms with Crippen LogP contribution < -0.4 is 4.74 Å². The zero-order valence-electron chi connectivity index (χ0n) is 9.66. The van der Waals surface area contributed by atoms with Crippen LogP contribution in [0.4, 0.5) is 4.39 Å². The van der Waals surface area contributed by atoms with E-state index >= 15 is 0 Å². The third-order valence-electron chi connectivity index (χ3n) is 2.48. The molecule has 0 aliphatic carbocycles. The molecule has 5 heteroatoms. The lowest BCUT2D eigenvalue weighted by molar-refractivity contribution is 0.298. The molecule has 0 fully saturated rings. The Kier molecular flexibility index (Phi) is 4.56. The summed E-state index contributed by atoms with van der Waals surface area (Å²) in [5, 5.41) is 8.76. The molecule has 0 aromatic heterocycles. The summed E-state index contributed by atoms with van der Waals surface area (Å²) in [4.78, 5) is 0. The molecular formula is C14H8Br2FNO. The number of nitriles is 1. The second-order valence-electron chi connectivity index (χ2n) is 3.75. The van der Waals surface area contributed by atoms with Crippen LogP contribution in [-0.2, 0) is 6.61 Å². The minimum atomic E-state index is -0.529. The Bertz CT molecular complexity index is 652. The average molecular weight is 385 g/mol. The van der Waals surface area contributed by atoms with Gasteiger partial charge in [-0.2, -0.15) is 5.26 Å². The predicted molar refractivity (Wildman–Crippen MR) is 77.3 cm³/mol. The van der Waals surface area contributed by atoms with Gasteiger partial charge in [-0.25, -0.2) is 4.39 Å². The van der Waals surface area contributed by atoms with Crippen molar-refractivity contribution in [2.75, 3.05) is 0 Å². The summed E-state index contributed by atoms with van der Waals surface area (Å²) >= 11 is 6.71. The van der Waals surface area contributed by atoms with Gasteiger partial charge in [-0.15, -0.1) is 0 Å². The van der Waals surface area contributed by atoms with Crippen molar-refractivity contribution in [3.8, 4) is 11.8 Å². The van der Waals surface area contributed by atoms with Crippen LogP contribution in [0.1, 0.15) is 11.1 Å². The van der Waals surface area contributed by atoms with Crippen molar-refractivity contribution in [2.24, 2.45) is 0 Å². The fourth-order valence-electron chi connectivity index (χ4n) is 1.53. The smallest absolute Gasteiger partial charge is 0.147 e. The van der Waals surface area contributed by atoms with Crippen molar-refractivity contribution in [1.82, 2.24) is 0 Å². The Hall–Kier alpha value is -1.38. The van der Waals surface area contributed by atoms with Crippen LogP contribution in [0.5, 0.6) is 5.75 Å². The molecule has 0 unspecified atom stereocenters. The highest BCUT2D eigenvalue weighted by Crippen LogP contribution is 2.29. The molecule has 0 radical (unpaired) electrons. The number of halogens is 3. The van der Waals surface area contributed by atoms with E-state index in [1.807, 2.05) is 12.1 Å². The molecule has 0 saturated carbocycles. The molecule has 0 aliphatic rings. The maximum absolute atomic E-state index is 13.8. The van der Waals surface area contributed by atoms with Gasteiger partial charge >= 0.3 is 0 Å². The van der Waals surface area contributed by atoms with E-state index in [0.717, 1.165) is 8.95 Å². The van der Waals surface area contributed by atoms with E-state index in [-0.39, 0.29) is 12.2 Å². The Morgan fingerprint density at radius 3 is 2.68 bits per heavy atom. The van der Waals surface area contributed by atoms with Crippen molar-refractivity contribution in [3.05, 3.63) is 62.3 Å². The molecule has 2 aromatic carbocycles. The lowest BCUT2D eigenvalue weighted by atomic mass is 10.1. The van der Waals surface area contributed by atoms with E-state index in [1.165, 1.54) is 6.07 Å². The number of hydrogen-bond donors (Lipinski definition) is 0. The van der Waals surface area contributed by atoms with Gasteiger partial charge in [0.2, 0.25) is 0 Å². The summed E-state index contributed by atoms with van der Waals surface area (Å²) in [6.45, 7) is 0.0710. The highest BCUT2D eigenvalue weighted by molar-refractivity contribution is 9.11. The van der Waals surface area contributed by atoms with Gasteiger partial charge in [-0.1, -0.05) is 28.1 Å². The normalized spacial score (nSPS) is 10.0. The number of ether oxygens (including phenoxy) is 1. The second-order valence-corrected chi connectivity index (χ2v) is 5.52. The van der Waals surface area contributed by atoms with Gasteiger partial charge in [0.15, 0.2) is 0 Å². The maximum atomic E-state index is 13.8. The Labute approximate surface area is 127 Å². The molecular weight excluding hydrogens is 377 g/mol. The lowest BCUT2D eigenvalue weighted by Crippen LogP contribution is -2.00. The van der Waals surface area contributed by atoms with Crippen LogP contribution in [0.15, 0.2) is 45.3 Å². The summed E-state index contributed by atoms with van der Waals surface area (Å²) < 4.78 is 21.1. The van der Waals surface area contributed by atoms with Crippen molar-refractivity contribution >= 4 is 31.9 Å².